The first-order chi connectivity index (χ1) is 7.95. The predicted molar refractivity (Wildman–Crippen MR) is 65.8 cm³/mol. The lowest BCUT2D eigenvalue weighted by Gasteiger charge is -2.16. The summed E-state index contributed by atoms with van der Waals surface area (Å²) in [7, 11) is 0. The minimum Gasteiger partial charge on any atom is -0.473 e. The van der Waals surface area contributed by atoms with Gasteiger partial charge in [-0.3, -0.25) is 0 Å². The van der Waals surface area contributed by atoms with Gasteiger partial charge in [-0.1, -0.05) is 13.8 Å². The lowest BCUT2D eigenvalue weighted by molar-refractivity contribution is 0.183. The van der Waals surface area contributed by atoms with Crippen molar-refractivity contribution in [1.82, 2.24) is 10.2 Å². The summed E-state index contributed by atoms with van der Waals surface area (Å²) < 4.78 is 5.69. The molecule has 1 heterocycles. The van der Waals surface area contributed by atoms with E-state index in [1.807, 2.05) is 20.8 Å². The molecule has 0 radical (unpaired) electrons. The molecule has 0 fully saturated rings. The van der Waals surface area contributed by atoms with Crippen molar-refractivity contribution < 1.29 is 4.74 Å². The highest BCUT2D eigenvalue weighted by Crippen LogP contribution is 2.21. The molecule has 1 atom stereocenters. The van der Waals surface area contributed by atoms with Crippen molar-refractivity contribution in [3.8, 4) is 11.9 Å². The average Bonchev–Trinajstić information content (AvgIpc) is 2.23. The summed E-state index contributed by atoms with van der Waals surface area (Å²) >= 11 is 0. The molecular weight excluding hydrogens is 214 g/mol. The Balaban J connectivity index is 2.92. The number of hydrogen-bond donors (Lipinski definition) is 0. The van der Waals surface area contributed by atoms with E-state index >= 15 is 0 Å². The summed E-state index contributed by atoms with van der Waals surface area (Å²) in [6.45, 7) is 9.96. The molecule has 0 spiro atoms. The van der Waals surface area contributed by atoms with E-state index in [-0.39, 0.29) is 6.10 Å². The highest BCUT2D eigenvalue weighted by atomic mass is 16.5. The van der Waals surface area contributed by atoms with Crippen molar-refractivity contribution in [3.63, 3.8) is 0 Å². The van der Waals surface area contributed by atoms with Crippen molar-refractivity contribution in [2.24, 2.45) is 5.92 Å². The molecule has 17 heavy (non-hydrogen) atoms. The smallest absolute Gasteiger partial charge is 0.252 e. The van der Waals surface area contributed by atoms with Crippen molar-refractivity contribution in [1.29, 1.82) is 5.26 Å². The fourth-order valence-electron chi connectivity index (χ4n) is 1.70. The summed E-state index contributed by atoms with van der Waals surface area (Å²) in [5.74, 6) is 0.902. The van der Waals surface area contributed by atoms with E-state index in [2.05, 4.69) is 30.1 Å². The maximum absolute atomic E-state index is 9.12. The molecule has 1 unspecified atom stereocenters. The molecule has 0 aliphatic heterocycles. The topological polar surface area (TPSA) is 58.8 Å². The third-order valence-corrected chi connectivity index (χ3v) is 2.65. The lowest BCUT2D eigenvalue weighted by Crippen LogP contribution is -2.17. The molecule has 4 nitrogen and oxygen atoms in total. The van der Waals surface area contributed by atoms with Crippen LogP contribution in [0.2, 0.25) is 0 Å². The van der Waals surface area contributed by atoms with Gasteiger partial charge in [0.05, 0.1) is 11.8 Å². The maximum atomic E-state index is 9.12. The monoisotopic (exact) mass is 233 g/mol. The lowest BCUT2D eigenvalue weighted by atomic mass is 10.1. The zero-order valence-electron chi connectivity index (χ0n) is 11.1. The summed E-state index contributed by atoms with van der Waals surface area (Å²) in [5, 5.41) is 17.1. The number of aromatic nitrogens is 2. The van der Waals surface area contributed by atoms with Crippen LogP contribution in [0.1, 0.15) is 44.0 Å². The molecular formula is C13H19N3O. The molecule has 1 aromatic rings. The second kappa shape index (κ2) is 5.62. The van der Waals surface area contributed by atoms with Crippen LogP contribution < -0.4 is 4.74 Å². The van der Waals surface area contributed by atoms with E-state index in [0.717, 1.165) is 17.7 Å². The van der Waals surface area contributed by atoms with Crippen LogP contribution in [0.25, 0.3) is 0 Å². The molecule has 0 aromatic carbocycles. The molecule has 1 aromatic heterocycles. The van der Waals surface area contributed by atoms with Gasteiger partial charge in [0.2, 0.25) is 0 Å². The van der Waals surface area contributed by atoms with E-state index in [9.17, 15) is 0 Å². The minimum absolute atomic E-state index is 0.0403. The van der Waals surface area contributed by atoms with Crippen LogP contribution in [-0.4, -0.2) is 16.3 Å². The summed E-state index contributed by atoms with van der Waals surface area (Å²) in [4.78, 5) is 0. The molecule has 0 aliphatic rings. The second-order valence-corrected chi connectivity index (χ2v) is 4.76. The minimum atomic E-state index is 0.0403. The zero-order valence-corrected chi connectivity index (χ0v) is 11.1. The van der Waals surface area contributed by atoms with Gasteiger partial charge in [0, 0.05) is 0 Å². The van der Waals surface area contributed by atoms with Crippen LogP contribution in [0, 0.1) is 31.1 Å². The Hall–Kier alpha value is -1.63. The van der Waals surface area contributed by atoms with Gasteiger partial charge in [0.15, 0.2) is 0 Å². The van der Waals surface area contributed by atoms with Crippen LogP contribution in [0.4, 0.5) is 0 Å². The number of ether oxygens (including phenoxy) is 1. The van der Waals surface area contributed by atoms with Crippen molar-refractivity contribution >= 4 is 0 Å². The maximum Gasteiger partial charge on any atom is 0.252 e. The molecule has 4 heteroatoms. The van der Waals surface area contributed by atoms with Crippen LogP contribution in [0.3, 0.4) is 0 Å². The Morgan fingerprint density at radius 2 is 1.88 bits per heavy atom. The third kappa shape index (κ3) is 3.42. The first-order valence-electron chi connectivity index (χ1n) is 5.86. The van der Waals surface area contributed by atoms with E-state index in [0.29, 0.717) is 17.4 Å². The van der Waals surface area contributed by atoms with E-state index in [4.69, 9.17) is 10.00 Å². The molecule has 92 valence electrons. The molecule has 1 rings (SSSR count). The van der Waals surface area contributed by atoms with Crippen LogP contribution in [0.5, 0.6) is 5.88 Å². The fourth-order valence-corrected chi connectivity index (χ4v) is 1.70. The SMILES string of the molecule is Cc1nnc(OC(C)CC(C)C)c(C#N)c1C. The molecule has 0 bridgehead atoms. The Morgan fingerprint density at radius 3 is 2.41 bits per heavy atom. The fraction of sp³-hybridized carbons (Fsp3) is 0.615. The van der Waals surface area contributed by atoms with Gasteiger partial charge in [-0.05, 0) is 38.7 Å². The van der Waals surface area contributed by atoms with Crippen LogP contribution >= 0.6 is 0 Å². The van der Waals surface area contributed by atoms with Crippen LogP contribution in [0.15, 0.2) is 0 Å². The van der Waals surface area contributed by atoms with E-state index < -0.39 is 0 Å². The van der Waals surface area contributed by atoms with Gasteiger partial charge in [0.25, 0.3) is 5.88 Å². The van der Waals surface area contributed by atoms with Crippen LogP contribution in [-0.2, 0) is 0 Å². The molecule has 0 aliphatic carbocycles. The number of nitriles is 1. The number of rotatable bonds is 4. The standard InChI is InChI=1S/C13H19N3O/c1-8(2)6-9(3)17-13-12(7-14)10(4)11(5)15-16-13/h8-9H,6H2,1-5H3. The zero-order chi connectivity index (χ0) is 13.0. The number of hydrogen-bond acceptors (Lipinski definition) is 4. The molecule has 0 N–H and O–H groups in total. The highest BCUT2D eigenvalue weighted by Gasteiger charge is 2.15. The van der Waals surface area contributed by atoms with Crippen molar-refractivity contribution in [3.05, 3.63) is 16.8 Å². The molecule has 0 saturated heterocycles. The van der Waals surface area contributed by atoms with Gasteiger partial charge < -0.3 is 4.74 Å². The Bertz CT molecular complexity index is 435. The van der Waals surface area contributed by atoms with Crippen molar-refractivity contribution in [2.75, 3.05) is 0 Å². The summed E-state index contributed by atoms with van der Waals surface area (Å²) in [6.07, 6.45) is 0.970. The third-order valence-electron chi connectivity index (χ3n) is 2.65. The first kappa shape index (κ1) is 13.4. The van der Waals surface area contributed by atoms with Gasteiger partial charge in [0.1, 0.15) is 11.6 Å². The van der Waals surface area contributed by atoms with E-state index in [1.165, 1.54) is 0 Å². The molecule has 0 saturated carbocycles. The summed E-state index contributed by atoms with van der Waals surface area (Å²) in [5.41, 5.74) is 2.10. The van der Waals surface area contributed by atoms with Gasteiger partial charge in [-0.2, -0.15) is 10.4 Å². The van der Waals surface area contributed by atoms with Crippen molar-refractivity contribution in [2.45, 2.75) is 47.1 Å². The van der Waals surface area contributed by atoms with E-state index in [1.54, 1.807) is 0 Å². The average molecular weight is 233 g/mol. The normalized spacial score (nSPS) is 12.3. The quantitative estimate of drug-likeness (QED) is 0.802. The largest absolute Gasteiger partial charge is 0.473 e. The molecule has 0 amide bonds. The highest BCUT2D eigenvalue weighted by molar-refractivity contribution is 5.44. The second-order valence-electron chi connectivity index (χ2n) is 4.76. The number of nitrogens with zero attached hydrogens (tertiary/aromatic N) is 3. The Morgan fingerprint density at radius 1 is 1.24 bits per heavy atom. The van der Waals surface area contributed by atoms with Gasteiger partial charge in [-0.25, -0.2) is 0 Å². The van der Waals surface area contributed by atoms with Gasteiger partial charge >= 0.3 is 0 Å². The Labute approximate surface area is 103 Å². The summed E-state index contributed by atoms with van der Waals surface area (Å²) in [6, 6.07) is 2.14. The first-order valence-corrected chi connectivity index (χ1v) is 5.86. The predicted octanol–water partition coefficient (Wildman–Crippen LogP) is 2.78. The number of aryl methyl sites for hydroxylation is 1. The van der Waals surface area contributed by atoms with Gasteiger partial charge in [-0.15, -0.1) is 5.10 Å². The Kier molecular flexibility index (Phi) is 4.45.